The Kier molecular flexibility index (Phi) is 2.49. The zero-order valence-corrected chi connectivity index (χ0v) is 8.57. The molecule has 0 aromatic rings. The molecule has 0 amide bonds. The molecule has 1 atom stereocenters. The highest BCUT2D eigenvalue weighted by molar-refractivity contribution is 5.59. The van der Waals surface area contributed by atoms with E-state index >= 15 is 0 Å². The second-order valence-electron chi connectivity index (χ2n) is 4.65. The van der Waals surface area contributed by atoms with Crippen LogP contribution in [-0.2, 0) is 9.53 Å². The van der Waals surface area contributed by atoms with Crippen molar-refractivity contribution in [1.82, 2.24) is 5.06 Å². The van der Waals surface area contributed by atoms with Gasteiger partial charge in [0.15, 0.2) is 6.29 Å². The van der Waals surface area contributed by atoms with Crippen molar-refractivity contribution >= 4 is 6.29 Å². The summed E-state index contributed by atoms with van der Waals surface area (Å²) in [5.41, 5.74) is -1.10. The quantitative estimate of drug-likeness (QED) is 0.618. The first-order chi connectivity index (χ1) is 5.82. The van der Waals surface area contributed by atoms with Gasteiger partial charge in [0.25, 0.3) is 0 Å². The van der Waals surface area contributed by atoms with Crippen molar-refractivity contribution in [1.29, 1.82) is 0 Å². The van der Waals surface area contributed by atoms with Gasteiger partial charge in [-0.25, -0.2) is 0 Å². The number of carbonyl (C=O) groups excluding carboxylic acids is 1. The third-order valence-corrected chi connectivity index (χ3v) is 2.56. The van der Waals surface area contributed by atoms with Crippen molar-refractivity contribution in [2.45, 2.75) is 44.9 Å². The molecule has 0 aromatic carbocycles. The number of ether oxygens (including phenoxy) is 1. The van der Waals surface area contributed by atoms with Crippen LogP contribution in [0.25, 0.3) is 0 Å². The zero-order valence-electron chi connectivity index (χ0n) is 8.57. The monoisotopic (exact) mass is 187 g/mol. The molecule has 1 N–H and O–H groups in total. The van der Waals surface area contributed by atoms with Crippen molar-refractivity contribution in [3.05, 3.63) is 0 Å². The highest BCUT2D eigenvalue weighted by Crippen LogP contribution is 2.32. The van der Waals surface area contributed by atoms with Gasteiger partial charge in [0.1, 0.15) is 6.10 Å². The number of rotatable bonds is 1. The normalized spacial score (nSPS) is 32.8. The molecular formula is C9H17NO3. The average molecular weight is 187 g/mol. The van der Waals surface area contributed by atoms with Gasteiger partial charge in [0.2, 0.25) is 0 Å². The Balaban J connectivity index is 2.91. The van der Waals surface area contributed by atoms with Crippen LogP contribution in [-0.4, -0.2) is 40.3 Å². The summed E-state index contributed by atoms with van der Waals surface area (Å²) in [6.07, 6.45) is 0.170. The molecule has 0 spiro atoms. The van der Waals surface area contributed by atoms with Crippen LogP contribution < -0.4 is 0 Å². The molecule has 4 nitrogen and oxygen atoms in total. The van der Waals surface area contributed by atoms with Crippen LogP contribution in [0.2, 0.25) is 0 Å². The minimum atomic E-state index is -0.663. The standard InChI is InChI=1S/C9H17NO3/c1-8(2)6-13-7(5-11)9(3,4)10(8)12/h5,7,12H,6H2,1-4H3. The lowest BCUT2D eigenvalue weighted by Gasteiger charge is -2.50. The molecule has 1 heterocycles. The molecule has 13 heavy (non-hydrogen) atoms. The SMILES string of the molecule is CC1(C)COC(C=O)C(C)(C)N1O. The van der Waals surface area contributed by atoms with E-state index in [1.807, 2.05) is 13.8 Å². The van der Waals surface area contributed by atoms with Crippen molar-refractivity contribution < 1.29 is 14.7 Å². The van der Waals surface area contributed by atoms with E-state index in [-0.39, 0.29) is 0 Å². The van der Waals surface area contributed by atoms with E-state index in [1.165, 1.54) is 5.06 Å². The maximum Gasteiger partial charge on any atom is 0.150 e. The molecule has 76 valence electrons. The summed E-state index contributed by atoms with van der Waals surface area (Å²) < 4.78 is 5.36. The molecular weight excluding hydrogens is 170 g/mol. The summed E-state index contributed by atoms with van der Waals surface area (Å²) in [5.74, 6) is 0. The summed E-state index contributed by atoms with van der Waals surface area (Å²) >= 11 is 0. The van der Waals surface area contributed by atoms with Crippen molar-refractivity contribution in [2.75, 3.05) is 6.61 Å². The van der Waals surface area contributed by atoms with E-state index < -0.39 is 17.2 Å². The van der Waals surface area contributed by atoms with Crippen LogP contribution in [0.1, 0.15) is 27.7 Å². The Morgan fingerprint density at radius 2 is 2.00 bits per heavy atom. The molecule has 1 rings (SSSR count). The lowest BCUT2D eigenvalue weighted by atomic mass is 9.89. The predicted molar refractivity (Wildman–Crippen MR) is 47.6 cm³/mol. The van der Waals surface area contributed by atoms with Gasteiger partial charge < -0.3 is 14.7 Å². The second-order valence-corrected chi connectivity index (χ2v) is 4.65. The first kappa shape index (κ1) is 10.6. The largest absolute Gasteiger partial charge is 0.367 e. The highest BCUT2D eigenvalue weighted by atomic mass is 16.6. The molecule has 4 heteroatoms. The maximum atomic E-state index is 10.7. The fraction of sp³-hybridized carbons (Fsp3) is 0.889. The van der Waals surface area contributed by atoms with Crippen LogP contribution in [0, 0.1) is 0 Å². The smallest absolute Gasteiger partial charge is 0.150 e. The van der Waals surface area contributed by atoms with Gasteiger partial charge in [-0.15, -0.1) is 0 Å². The molecule has 0 radical (unpaired) electrons. The second kappa shape index (κ2) is 3.04. The number of morpholine rings is 1. The number of aldehydes is 1. The van der Waals surface area contributed by atoms with Crippen LogP contribution in [0.5, 0.6) is 0 Å². The molecule has 1 saturated heterocycles. The molecule has 1 aliphatic heterocycles. The molecule has 1 fully saturated rings. The summed E-state index contributed by atoms with van der Waals surface area (Å²) in [4.78, 5) is 10.7. The van der Waals surface area contributed by atoms with Gasteiger partial charge in [-0.2, -0.15) is 5.06 Å². The maximum absolute atomic E-state index is 10.7. The third kappa shape index (κ3) is 1.61. The number of nitrogens with zero attached hydrogens (tertiary/aromatic N) is 1. The van der Waals surface area contributed by atoms with Crippen molar-refractivity contribution in [3.8, 4) is 0 Å². The summed E-state index contributed by atoms with van der Waals surface area (Å²) in [5, 5.41) is 11.1. The predicted octanol–water partition coefficient (Wildman–Crippen LogP) is 0.833. The molecule has 1 aliphatic rings. The number of hydrogen-bond acceptors (Lipinski definition) is 4. The molecule has 0 aliphatic carbocycles. The Labute approximate surface area is 78.4 Å². The van der Waals surface area contributed by atoms with Crippen LogP contribution in [0.4, 0.5) is 0 Å². The van der Waals surface area contributed by atoms with E-state index in [1.54, 1.807) is 13.8 Å². The number of hydrogen-bond donors (Lipinski definition) is 1. The number of hydroxylamine groups is 2. The van der Waals surface area contributed by atoms with Crippen LogP contribution in [0.3, 0.4) is 0 Å². The molecule has 0 aromatic heterocycles. The van der Waals surface area contributed by atoms with Gasteiger partial charge in [-0.3, -0.25) is 0 Å². The van der Waals surface area contributed by atoms with E-state index in [0.29, 0.717) is 6.61 Å². The average Bonchev–Trinajstić information content (AvgIpc) is 2.01. The Morgan fingerprint density at radius 3 is 2.46 bits per heavy atom. The zero-order chi connectivity index (χ0) is 10.3. The third-order valence-electron chi connectivity index (χ3n) is 2.56. The van der Waals surface area contributed by atoms with Gasteiger partial charge in [-0.1, -0.05) is 0 Å². The van der Waals surface area contributed by atoms with E-state index in [9.17, 15) is 10.0 Å². The fourth-order valence-electron chi connectivity index (χ4n) is 1.67. The van der Waals surface area contributed by atoms with Gasteiger partial charge >= 0.3 is 0 Å². The fourth-order valence-corrected chi connectivity index (χ4v) is 1.67. The Morgan fingerprint density at radius 1 is 1.46 bits per heavy atom. The summed E-state index contributed by atoms with van der Waals surface area (Å²) in [6.45, 7) is 7.67. The van der Waals surface area contributed by atoms with E-state index in [4.69, 9.17) is 4.74 Å². The van der Waals surface area contributed by atoms with Gasteiger partial charge in [-0.05, 0) is 27.7 Å². The molecule has 0 bridgehead atoms. The first-order valence-corrected chi connectivity index (χ1v) is 4.38. The van der Waals surface area contributed by atoms with Crippen molar-refractivity contribution in [3.63, 3.8) is 0 Å². The summed E-state index contributed by atoms with van der Waals surface area (Å²) in [6, 6.07) is 0. The Hall–Kier alpha value is -0.450. The molecule has 0 saturated carbocycles. The minimum Gasteiger partial charge on any atom is -0.367 e. The summed E-state index contributed by atoms with van der Waals surface area (Å²) in [7, 11) is 0. The highest BCUT2D eigenvalue weighted by Gasteiger charge is 2.47. The number of carbonyl (C=O) groups is 1. The Bertz CT molecular complexity index is 213. The van der Waals surface area contributed by atoms with E-state index in [0.717, 1.165) is 6.29 Å². The first-order valence-electron chi connectivity index (χ1n) is 4.38. The van der Waals surface area contributed by atoms with E-state index in [2.05, 4.69) is 0 Å². The lowest BCUT2D eigenvalue weighted by molar-refractivity contribution is -0.293. The van der Waals surface area contributed by atoms with Crippen LogP contribution in [0.15, 0.2) is 0 Å². The van der Waals surface area contributed by atoms with Gasteiger partial charge in [0.05, 0.1) is 17.7 Å². The van der Waals surface area contributed by atoms with Crippen molar-refractivity contribution in [2.24, 2.45) is 0 Å². The lowest BCUT2D eigenvalue weighted by Crippen LogP contribution is -2.66. The minimum absolute atomic E-state index is 0.357. The topological polar surface area (TPSA) is 49.8 Å². The molecule has 1 unspecified atom stereocenters. The van der Waals surface area contributed by atoms with Gasteiger partial charge in [0, 0.05) is 0 Å². The van der Waals surface area contributed by atoms with Crippen LogP contribution >= 0.6 is 0 Å².